The molecular weight excluding hydrogens is 252 g/mol. The van der Waals surface area contributed by atoms with Crippen molar-refractivity contribution >= 4 is 5.78 Å². The van der Waals surface area contributed by atoms with Gasteiger partial charge in [-0.15, -0.1) is 0 Å². The van der Waals surface area contributed by atoms with Gasteiger partial charge in [0.25, 0.3) is 0 Å². The number of rotatable bonds is 3. The molecule has 1 aliphatic rings. The third-order valence-electron chi connectivity index (χ3n) is 3.51. The zero-order chi connectivity index (χ0) is 13.9. The Morgan fingerprint density at radius 1 is 1.05 bits per heavy atom. The van der Waals surface area contributed by atoms with Gasteiger partial charge in [-0.2, -0.15) is 10.2 Å². The first-order valence-electron chi connectivity index (χ1n) is 6.50. The SMILES string of the molecule is O=C(c1ccc(O)cc1)[C@H]1N=NC[C@@H]1c1ccccc1. The monoisotopic (exact) mass is 266 g/mol. The largest absolute Gasteiger partial charge is 0.508 e. The Balaban J connectivity index is 1.87. The van der Waals surface area contributed by atoms with Crippen LogP contribution in [0.15, 0.2) is 64.8 Å². The van der Waals surface area contributed by atoms with Crippen LogP contribution in [0.3, 0.4) is 0 Å². The molecule has 0 fully saturated rings. The quantitative estimate of drug-likeness (QED) is 0.867. The molecule has 0 unspecified atom stereocenters. The highest BCUT2D eigenvalue weighted by atomic mass is 16.3. The van der Waals surface area contributed by atoms with E-state index in [0.29, 0.717) is 12.1 Å². The maximum absolute atomic E-state index is 12.5. The lowest BCUT2D eigenvalue weighted by molar-refractivity contribution is 0.0956. The molecule has 4 heteroatoms. The standard InChI is InChI=1S/C16H14N2O2/c19-13-8-6-12(7-9-13)16(20)15-14(10-17-18-15)11-4-2-1-3-5-11/h1-9,14-15,19H,10H2/t14-,15+/m1/s1. The van der Waals surface area contributed by atoms with Crippen LogP contribution in [-0.4, -0.2) is 23.5 Å². The lowest BCUT2D eigenvalue weighted by atomic mass is 9.88. The molecule has 0 saturated carbocycles. The van der Waals surface area contributed by atoms with Gasteiger partial charge in [-0.25, -0.2) is 0 Å². The van der Waals surface area contributed by atoms with E-state index < -0.39 is 6.04 Å². The van der Waals surface area contributed by atoms with Gasteiger partial charge >= 0.3 is 0 Å². The van der Waals surface area contributed by atoms with Crippen LogP contribution in [0.2, 0.25) is 0 Å². The number of benzene rings is 2. The normalized spacial score (nSPS) is 21.0. The first kappa shape index (κ1) is 12.5. The summed E-state index contributed by atoms with van der Waals surface area (Å²) >= 11 is 0. The Morgan fingerprint density at radius 3 is 2.45 bits per heavy atom. The number of nitrogens with zero attached hydrogens (tertiary/aromatic N) is 2. The van der Waals surface area contributed by atoms with Gasteiger partial charge in [-0.1, -0.05) is 30.3 Å². The Morgan fingerprint density at radius 2 is 1.75 bits per heavy atom. The molecule has 1 N–H and O–H groups in total. The van der Waals surface area contributed by atoms with Gasteiger partial charge < -0.3 is 5.11 Å². The van der Waals surface area contributed by atoms with E-state index >= 15 is 0 Å². The number of carbonyl (C=O) groups excluding carboxylic acids is 1. The Bertz CT molecular complexity index is 635. The summed E-state index contributed by atoms with van der Waals surface area (Å²) in [4.78, 5) is 12.5. The zero-order valence-corrected chi connectivity index (χ0v) is 10.8. The number of aromatic hydroxyl groups is 1. The Kier molecular flexibility index (Phi) is 3.29. The average molecular weight is 266 g/mol. The number of hydrogen-bond acceptors (Lipinski definition) is 4. The second kappa shape index (κ2) is 5.25. The molecule has 0 spiro atoms. The summed E-state index contributed by atoms with van der Waals surface area (Å²) in [5, 5.41) is 17.4. The number of phenols is 1. The summed E-state index contributed by atoms with van der Waals surface area (Å²) in [6.45, 7) is 0.540. The van der Waals surface area contributed by atoms with E-state index in [4.69, 9.17) is 0 Å². The van der Waals surface area contributed by atoms with Crippen LogP contribution in [0, 0.1) is 0 Å². The van der Waals surface area contributed by atoms with E-state index in [-0.39, 0.29) is 17.5 Å². The number of hydrogen-bond donors (Lipinski definition) is 1. The summed E-state index contributed by atoms with van der Waals surface area (Å²) < 4.78 is 0. The number of phenolic OH excluding ortho intramolecular Hbond substituents is 1. The van der Waals surface area contributed by atoms with Crippen LogP contribution in [0.25, 0.3) is 0 Å². The third-order valence-corrected chi connectivity index (χ3v) is 3.51. The minimum Gasteiger partial charge on any atom is -0.508 e. The van der Waals surface area contributed by atoms with Crippen LogP contribution in [0.4, 0.5) is 0 Å². The second-order valence-electron chi connectivity index (χ2n) is 4.81. The molecule has 0 radical (unpaired) electrons. The maximum Gasteiger partial charge on any atom is 0.189 e. The highest BCUT2D eigenvalue weighted by molar-refractivity contribution is 6.01. The molecular formula is C16H14N2O2. The van der Waals surface area contributed by atoms with Gasteiger partial charge in [0.15, 0.2) is 5.78 Å². The minimum absolute atomic E-state index is 0.00231. The molecule has 20 heavy (non-hydrogen) atoms. The summed E-state index contributed by atoms with van der Waals surface area (Å²) in [5.74, 6) is 0.0896. The van der Waals surface area contributed by atoms with Crippen molar-refractivity contribution in [3.05, 3.63) is 65.7 Å². The molecule has 1 aliphatic heterocycles. The highest BCUT2D eigenvalue weighted by Gasteiger charge is 2.33. The second-order valence-corrected chi connectivity index (χ2v) is 4.81. The predicted molar refractivity (Wildman–Crippen MR) is 75.1 cm³/mol. The summed E-state index contributed by atoms with van der Waals surface area (Å²) in [6, 6.07) is 15.6. The van der Waals surface area contributed by atoms with Gasteiger partial charge in [0.05, 0.1) is 6.54 Å². The third kappa shape index (κ3) is 2.32. The predicted octanol–water partition coefficient (Wildman–Crippen LogP) is 3.19. The van der Waals surface area contributed by atoms with Crippen molar-refractivity contribution in [3.8, 4) is 5.75 Å². The van der Waals surface area contributed by atoms with E-state index in [9.17, 15) is 9.90 Å². The van der Waals surface area contributed by atoms with E-state index in [1.807, 2.05) is 30.3 Å². The van der Waals surface area contributed by atoms with E-state index in [1.165, 1.54) is 12.1 Å². The molecule has 4 nitrogen and oxygen atoms in total. The van der Waals surface area contributed by atoms with Crippen LogP contribution in [-0.2, 0) is 0 Å². The van der Waals surface area contributed by atoms with Gasteiger partial charge in [-0.05, 0) is 29.8 Å². The molecule has 3 rings (SSSR count). The number of Topliss-reactive ketones (excluding diaryl/α,β-unsaturated/α-hetero) is 1. The van der Waals surface area contributed by atoms with Crippen molar-refractivity contribution in [2.75, 3.05) is 6.54 Å². The molecule has 2 atom stereocenters. The van der Waals surface area contributed by atoms with E-state index in [0.717, 1.165) is 5.56 Å². The van der Waals surface area contributed by atoms with Crippen LogP contribution >= 0.6 is 0 Å². The van der Waals surface area contributed by atoms with Crippen LogP contribution in [0.1, 0.15) is 21.8 Å². The van der Waals surface area contributed by atoms with Crippen molar-refractivity contribution in [2.45, 2.75) is 12.0 Å². The zero-order valence-electron chi connectivity index (χ0n) is 10.8. The number of carbonyl (C=O) groups is 1. The van der Waals surface area contributed by atoms with Crippen molar-refractivity contribution in [1.82, 2.24) is 0 Å². The van der Waals surface area contributed by atoms with Crippen molar-refractivity contribution < 1.29 is 9.90 Å². The van der Waals surface area contributed by atoms with Crippen LogP contribution < -0.4 is 0 Å². The lowest BCUT2D eigenvalue weighted by Crippen LogP contribution is -2.24. The number of azo groups is 1. The molecule has 0 bridgehead atoms. The smallest absolute Gasteiger partial charge is 0.189 e. The van der Waals surface area contributed by atoms with Crippen molar-refractivity contribution in [1.29, 1.82) is 0 Å². The fourth-order valence-corrected chi connectivity index (χ4v) is 2.42. The van der Waals surface area contributed by atoms with Gasteiger partial charge in [0.1, 0.15) is 11.8 Å². The summed E-state index contributed by atoms with van der Waals surface area (Å²) in [6.07, 6.45) is 0. The topological polar surface area (TPSA) is 62.0 Å². The molecule has 0 saturated heterocycles. The number of ketones is 1. The molecule has 0 aromatic heterocycles. The summed E-state index contributed by atoms with van der Waals surface area (Å²) in [7, 11) is 0. The average Bonchev–Trinajstić information content (AvgIpc) is 2.97. The van der Waals surface area contributed by atoms with Gasteiger partial charge in [0, 0.05) is 11.5 Å². The molecule has 2 aromatic rings. The molecule has 100 valence electrons. The van der Waals surface area contributed by atoms with Gasteiger partial charge in [0.2, 0.25) is 0 Å². The fraction of sp³-hybridized carbons (Fsp3) is 0.188. The first-order chi connectivity index (χ1) is 9.75. The first-order valence-corrected chi connectivity index (χ1v) is 6.50. The van der Waals surface area contributed by atoms with Crippen molar-refractivity contribution in [3.63, 3.8) is 0 Å². The molecule has 1 heterocycles. The Hall–Kier alpha value is -2.49. The maximum atomic E-state index is 12.5. The molecule has 0 aliphatic carbocycles. The lowest BCUT2D eigenvalue weighted by Gasteiger charge is -2.15. The van der Waals surface area contributed by atoms with Crippen molar-refractivity contribution in [2.24, 2.45) is 10.2 Å². The van der Waals surface area contributed by atoms with E-state index in [2.05, 4.69) is 10.2 Å². The van der Waals surface area contributed by atoms with E-state index in [1.54, 1.807) is 12.1 Å². The molecule has 0 amide bonds. The Labute approximate surface area is 116 Å². The van der Waals surface area contributed by atoms with Crippen LogP contribution in [0.5, 0.6) is 5.75 Å². The highest BCUT2D eigenvalue weighted by Crippen LogP contribution is 2.30. The summed E-state index contributed by atoms with van der Waals surface area (Å²) in [5.41, 5.74) is 1.63. The van der Waals surface area contributed by atoms with Gasteiger partial charge in [-0.3, -0.25) is 4.79 Å². The fourth-order valence-electron chi connectivity index (χ4n) is 2.42. The minimum atomic E-state index is -0.470. The molecule has 2 aromatic carbocycles.